The van der Waals surface area contributed by atoms with Crippen molar-refractivity contribution in [2.24, 2.45) is 5.41 Å². The first kappa shape index (κ1) is 17.1. The maximum atomic E-state index is 5.99. The van der Waals surface area contributed by atoms with Gasteiger partial charge in [-0.3, -0.25) is 9.58 Å². The predicted molar refractivity (Wildman–Crippen MR) is 102 cm³/mol. The highest BCUT2D eigenvalue weighted by atomic mass is 35.5. The SMILES string of the molecule is Cc1nn(Cc2ccc(Cl)cc2)c(C)c1CN1CCC2(CCNC2)C1. The molecule has 1 atom stereocenters. The lowest BCUT2D eigenvalue weighted by Gasteiger charge is -2.23. The molecule has 4 rings (SSSR count). The van der Waals surface area contributed by atoms with Crippen LogP contribution in [0.3, 0.4) is 0 Å². The fourth-order valence-electron chi connectivity index (χ4n) is 4.41. The number of halogens is 1. The molecule has 0 aliphatic carbocycles. The molecule has 5 heteroatoms. The van der Waals surface area contributed by atoms with E-state index in [0.29, 0.717) is 5.41 Å². The van der Waals surface area contributed by atoms with Gasteiger partial charge in [0, 0.05) is 35.9 Å². The van der Waals surface area contributed by atoms with Crippen molar-refractivity contribution in [3.63, 3.8) is 0 Å². The first-order valence-corrected chi connectivity index (χ1v) is 9.63. The van der Waals surface area contributed by atoms with Gasteiger partial charge in [0.1, 0.15) is 0 Å². The quantitative estimate of drug-likeness (QED) is 0.909. The molecule has 1 aromatic heterocycles. The molecule has 0 amide bonds. The zero-order chi connectivity index (χ0) is 17.4. The third-order valence-electron chi connectivity index (χ3n) is 6.01. The van der Waals surface area contributed by atoms with Crippen LogP contribution in [0.15, 0.2) is 24.3 Å². The molecular formula is C20H27ClN4. The largest absolute Gasteiger partial charge is 0.316 e. The van der Waals surface area contributed by atoms with Crippen LogP contribution >= 0.6 is 11.6 Å². The molecule has 0 radical (unpaired) electrons. The van der Waals surface area contributed by atoms with E-state index in [4.69, 9.17) is 16.7 Å². The third-order valence-corrected chi connectivity index (χ3v) is 6.26. The van der Waals surface area contributed by atoms with Gasteiger partial charge in [-0.1, -0.05) is 23.7 Å². The Kier molecular flexibility index (Phi) is 4.61. The predicted octanol–water partition coefficient (Wildman–Crippen LogP) is 3.39. The van der Waals surface area contributed by atoms with Crippen LogP contribution in [0.2, 0.25) is 5.02 Å². The Balaban J connectivity index is 1.47. The van der Waals surface area contributed by atoms with Gasteiger partial charge in [-0.15, -0.1) is 0 Å². The molecule has 2 fully saturated rings. The monoisotopic (exact) mass is 358 g/mol. The van der Waals surface area contributed by atoms with Crippen LogP contribution in [0.25, 0.3) is 0 Å². The van der Waals surface area contributed by atoms with Crippen LogP contribution in [0, 0.1) is 19.3 Å². The van der Waals surface area contributed by atoms with Crippen LogP contribution in [0.1, 0.15) is 35.4 Å². The molecule has 0 bridgehead atoms. The van der Waals surface area contributed by atoms with E-state index in [1.165, 1.54) is 55.8 Å². The minimum atomic E-state index is 0.529. The minimum Gasteiger partial charge on any atom is -0.316 e. The standard InChI is InChI=1S/C20H27ClN4/c1-15-19(12-24-10-8-20(14-24)7-9-22-13-20)16(2)25(23-15)11-17-3-5-18(21)6-4-17/h3-6,22H,7-14H2,1-2H3. The highest BCUT2D eigenvalue weighted by molar-refractivity contribution is 6.30. The van der Waals surface area contributed by atoms with Gasteiger partial charge < -0.3 is 5.32 Å². The van der Waals surface area contributed by atoms with Crippen LogP contribution < -0.4 is 5.32 Å². The summed E-state index contributed by atoms with van der Waals surface area (Å²) in [7, 11) is 0. The summed E-state index contributed by atoms with van der Waals surface area (Å²) in [6, 6.07) is 8.05. The van der Waals surface area contributed by atoms with Crippen molar-refractivity contribution in [1.82, 2.24) is 20.0 Å². The molecule has 25 heavy (non-hydrogen) atoms. The van der Waals surface area contributed by atoms with E-state index in [-0.39, 0.29) is 0 Å². The van der Waals surface area contributed by atoms with Gasteiger partial charge in [0.05, 0.1) is 12.2 Å². The lowest BCUT2D eigenvalue weighted by atomic mass is 9.86. The van der Waals surface area contributed by atoms with Crippen molar-refractivity contribution in [1.29, 1.82) is 0 Å². The van der Waals surface area contributed by atoms with Crippen molar-refractivity contribution in [3.05, 3.63) is 51.8 Å². The number of rotatable bonds is 4. The molecule has 2 saturated heterocycles. The zero-order valence-electron chi connectivity index (χ0n) is 15.2. The molecule has 4 nitrogen and oxygen atoms in total. The molecule has 1 unspecified atom stereocenters. The van der Waals surface area contributed by atoms with Crippen molar-refractivity contribution in [3.8, 4) is 0 Å². The topological polar surface area (TPSA) is 33.1 Å². The summed E-state index contributed by atoms with van der Waals surface area (Å²) < 4.78 is 2.14. The van der Waals surface area contributed by atoms with Crippen molar-refractivity contribution in [2.45, 2.75) is 39.8 Å². The Labute approximate surface area is 155 Å². The summed E-state index contributed by atoms with van der Waals surface area (Å²) in [6.07, 6.45) is 2.66. The van der Waals surface area contributed by atoms with Crippen molar-refractivity contribution in [2.75, 3.05) is 26.2 Å². The van der Waals surface area contributed by atoms with Gasteiger partial charge in [-0.2, -0.15) is 5.10 Å². The van der Waals surface area contributed by atoms with Crippen molar-refractivity contribution >= 4 is 11.6 Å². The van der Waals surface area contributed by atoms with Gasteiger partial charge in [0.2, 0.25) is 0 Å². The van der Waals surface area contributed by atoms with E-state index in [1.807, 2.05) is 12.1 Å². The molecule has 2 aromatic rings. The second-order valence-electron chi connectivity index (χ2n) is 7.82. The number of aromatic nitrogens is 2. The number of likely N-dealkylation sites (tertiary alicyclic amines) is 1. The number of benzene rings is 1. The Hall–Kier alpha value is -1.36. The van der Waals surface area contributed by atoms with E-state index >= 15 is 0 Å². The Morgan fingerprint density at radius 2 is 1.96 bits per heavy atom. The van der Waals surface area contributed by atoms with Gasteiger partial charge in [-0.25, -0.2) is 0 Å². The highest BCUT2D eigenvalue weighted by Crippen LogP contribution is 2.37. The smallest absolute Gasteiger partial charge is 0.0662 e. The molecular weight excluding hydrogens is 332 g/mol. The fourth-order valence-corrected chi connectivity index (χ4v) is 4.54. The van der Waals surface area contributed by atoms with E-state index in [9.17, 15) is 0 Å². The van der Waals surface area contributed by atoms with Crippen LogP contribution in [0.4, 0.5) is 0 Å². The molecule has 1 aromatic carbocycles. The molecule has 1 spiro atoms. The van der Waals surface area contributed by atoms with Crippen LogP contribution in [-0.2, 0) is 13.1 Å². The number of aryl methyl sites for hydroxylation is 1. The molecule has 2 aliphatic rings. The molecule has 0 saturated carbocycles. The van der Waals surface area contributed by atoms with E-state index < -0.39 is 0 Å². The van der Waals surface area contributed by atoms with E-state index in [1.54, 1.807) is 0 Å². The Morgan fingerprint density at radius 3 is 2.68 bits per heavy atom. The normalized spacial score (nSPS) is 23.8. The summed E-state index contributed by atoms with van der Waals surface area (Å²) in [5, 5.41) is 9.13. The average molecular weight is 359 g/mol. The highest BCUT2D eigenvalue weighted by Gasteiger charge is 2.40. The molecule has 134 valence electrons. The minimum absolute atomic E-state index is 0.529. The summed E-state index contributed by atoms with van der Waals surface area (Å²) in [5.74, 6) is 0. The second-order valence-corrected chi connectivity index (χ2v) is 8.26. The maximum absolute atomic E-state index is 5.99. The third kappa shape index (κ3) is 3.48. The number of nitrogens with one attached hydrogen (secondary N) is 1. The number of hydrogen-bond acceptors (Lipinski definition) is 3. The Bertz CT molecular complexity index is 744. The number of nitrogens with zero attached hydrogens (tertiary/aromatic N) is 3. The average Bonchev–Trinajstić information content (AvgIpc) is 3.28. The lowest BCUT2D eigenvalue weighted by Crippen LogP contribution is -2.29. The van der Waals surface area contributed by atoms with Gasteiger partial charge in [0.25, 0.3) is 0 Å². The van der Waals surface area contributed by atoms with E-state index in [2.05, 4.69) is 40.9 Å². The van der Waals surface area contributed by atoms with Gasteiger partial charge in [0.15, 0.2) is 0 Å². The molecule has 1 N–H and O–H groups in total. The molecule has 3 heterocycles. The first-order chi connectivity index (χ1) is 12.0. The Morgan fingerprint density at radius 1 is 1.16 bits per heavy atom. The van der Waals surface area contributed by atoms with E-state index in [0.717, 1.165) is 23.8 Å². The second kappa shape index (κ2) is 6.75. The molecule has 2 aliphatic heterocycles. The number of hydrogen-bond donors (Lipinski definition) is 1. The summed E-state index contributed by atoms with van der Waals surface area (Å²) in [4.78, 5) is 2.62. The lowest BCUT2D eigenvalue weighted by molar-refractivity contribution is 0.268. The fraction of sp³-hybridized carbons (Fsp3) is 0.550. The zero-order valence-corrected chi connectivity index (χ0v) is 15.9. The van der Waals surface area contributed by atoms with Gasteiger partial charge in [-0.05, 0) is 62.9 Å². The van der Waals surface area contributed by atoms with Crippen LogP contribution in [0.5, 0.6) is 0 Å². The van der Waals surface area contributed by atoms with Crippen LogP contribution in [-0.4, -0.2) is 40.9 Å². The van der Waals surface area contributed by atoms with Gasteiger partial charge >= 0.3 is 0 Å². The summed E-state index contributed by atoms with van der Waals surface area (Å²) in [6.45, 7) is 11.0. The van der Waals surface area contributed by atoms with Crippen molar-refractivity contribution < 1.29 is 0 Å². The summed E-state index contributed by atoms with van der Waals surface area (Å²) >= 11 is 5.99. The maximum Gasteiger partial charge on any atom is 0.0662 e. The first-order valence-electron chi connectivity index (χ1n) is 9.25. The summed E-state index contributed by atoms with van der Waals surface area (Å²) in [5.41, 5.74) is 5.62.